The van der Waals surface area contributed by atoms with Gasteiger partial charge in [0.15, 0.2) is 0 Å². The van der Waals surface area contributed by atoms with Crippen LogP contribution in [-0.4, -0.2) is 46.6 Å². The van der Waals surface area contributed by atoms with Gasteiger partial charge in [-0.2, -0.15) is 11.8 Å². The predicted molar refractivity (Wildman–Crippen MR) is 87.7 cm³/mol. The van der Waals surface area contributed by atoms with E-state index in [1.165, 1.54) is 0 Å². The first-order valence-corrected chi connectivity index (χ1v) is 8.90. The van der Waals surface area contributed by atoms with Crippen LogP contribution in [0.3, 0.4) is 0 Å². The first kappa shape index (κ1) is 19.5. The van der Waals surface area contributed by atoms with Crippen molar-refractivity contribution >= 4 is 17.9 Å². The maximum absolute atomic E-state index is 13.1. The molecule has 0 bridgehead atoms. The highest BCUT2D eigenvalue weighted by Crippen LogP contribution is 2.39. The molecule has 130 valence electrons. The largest absolute Gasteiger partial charge is 0.444 e. The molecule has 0 aliphatic heterocycles. The number of halogens is 2. The Kier molecular flexibility index (Phi) is 6.96. The summed E-state index contributed by atoms with van der Waals surface area (Å²) in [5.41, 5.74) is -0.487. The van der Waals surface area contributed by atoms with Crippen LogP contribution in [0.25, 0.3) is 0 Å². The standard InChI is InChI=1S/C16H29F2NO2S/c1-12(22-13-6-9-16(17,18)10-7-13)8-11-19(5)14(20)21-15(2,3)4/h12-13H,6-11H2,1-5H3. The summed E-state index contributed by atoms with van der Waals surface area (Å²) in [6.45, 7) is 8.24. The van der Waals surface area contributed by atoms with E-state index in [2.05, 4.69) is 6.92 Å². The Hall–Kier alpha value is -0.520. The molecule has 22 heavy (non-hydrogen) atoms. The number of hydrogen-bond acceptors (Lipinski definition) is 3. The molecule has 0 heterocycles. The van der Waals surface area contributed by atoms with Crippen molar-refractivity contribution in [2.45, 2.75) is 81.8 Å². The van der Waals surface area contributed by atoms with Crippen molar-refractivity contribution in [3.05, 3.63) is 0 Å². The number of amides is 1. The Labute approximate surface area is 137 Å². The second-order valence-electron chi connectivity index (χ2n) is 7.19. The predicted octanol–water partition coefficient (Wildman–Crippen LogP) is 4.94. The van der Waals surface area contributed by atoms with E-state index in [-0.39, 0.29) is 18.9 Å². The average Bonchev–Trinajstić information content (AvgIpc) is 2.36. The highest BCUT2D eigenvalue weighted by Gasteiger charge is 2.35. The minimum Gasteiger partial charge on any atom is -0.444 e. The molecule has 0 spiro atoms. The minimum atomic E-state index is -2.46. The van der Waals surface area contributed by atoms with Crippen LogP contribution in [0.4, 0.5) is 13.6 Å². The number of thioether (sulfide) groups is 1. The maximum Gasteiger partial charge on any atom is 0.410 e. The third-order valence-electron chi connectivity index (χ3n) is 3.67. The molecule has 0 aromatic carbocycles. The third kappa shape index (κ3) is 7.65. The SMILES string of the molecule is CC(CCN(C)C(=O)OC(C)(C)C)SC1CCC(F)(F)CC1. The zero-order chi connectivity index (χ0) is 17.0. The summed E-state index contributed by atoms with van der Waals surface area (Å²) in [5.74, 6) is -2.46. The molecule has 0 aromatic rings. The van der Waals surface area contributed by atoms with E-state index in [0.717, 1.165) is 6.42 Å². The van der Waals surface area contributed by atoms with Crippen LogP contribution in [0.5, 0.6) is 0 Å². The van der Waals surface area contributed by atoms with Gasteiger partial charge in [0, 0.05) is 36.9 Å². The van der Waals surface area contributed by atoms with Crippen LogP contribution in [0.1, 0.15) is 59.8 Å². The molecule has 1 amide bonds. The molecular weight excluding hydrogens is 308 g/mol. The number of rotatable bonds is 5. The Morgan fingerprint density at radius 2 is 1.91 bits per heavy atom. The number of carbonyl (C=O) groups excluding carboxylic acids is 1. The van der Waals surface area contributed by atoms with Crippen LogP contribution >= 0.6 is 11.8 Å². The summed E-state index contributed by atoms with van der Waals surface area (Å²) in [6.07, 6.45) is 1.72. The van der Waals surface area contributed by atoms with Crippen LogP contribution in [-0.2, 0) is 4.74 Å². The summed E-state index contributed by atoms with van der Waals surface area (Å²) in [6, 6.07) is 0. The molecule has 1 saturated carbocycles. The van der Waals surface area contributed by atoms with Gasteiger partial charge >= 0.3 is 6.09 Å². The zero-order valence-corrected chi connectivity index (χ0v) is 15.1. The fraction of sp³-hybridized carbons (Fsp3) is 0.938. The van der Waals surface area contributed by atoms with Gasteiger partial charge in [-0.05, 0) is 40.0 Å². The summed E-state index contributed by atoms with van der Waals surface area (Å²) in [4.78, 5) is 13.4. The molecule has 1 fully saturated rings. The second kappa shape index (κ2) is 7.84. The first-order chi connectivity index (χ1) is 9.98. The summed E-state index contributed by atoms with van der Waals surface area (Å²) in [7, 11) is 1.73. The van der Waals surface area contributed by atoms with Gasteiger partial charge in [0.25, 0.3) is 0 Å². The van der Waals surface area contributed by atoms with Crippen molar-refractivity contribution in [1.29, 1.82) is 0 Å². The van der Waals surface area contributed by atoms with Crippen molar-refractivity contribution < 1.29 is 18.3 Å². The molecule has 3 nitrogen and oxygen atoms in total. The van der Waals surface area contributed by atoms with Crippen molar-refractivity contribution in [3.8, 4) is 0 Å². The van der Waals surface area contributed by atoms with Crippen LogP contribution in [0.2, 0.25) is 0 Å². The fourth-order valence-electron chi connectivity index (χ4n) is 2.35. The molecule has 1 rings (SSSR count). The highest BCUT2D eigenvalue weighted by molar-refractivity contribution is 8.00. The lowest BCUT2D eigenvalue weighted by Gasteiger charge is -2.30. The molecule has 0 radical (unpaired) electrons. The Morgan fingerprint density at radius 3 is 2.41 bits per heavy atom. The number of hydrogen-bond donors (Lipinski definition) is 0. The van der Waals surface area contributed by atoms with Crippen molar-refractivity contribution in [3.63, 3.8) is 0 Å². The van der Waals surface area contributed by atoms with E-state index in [1.807, 2.05) is 20.8 Å². The molecule has 1 atom stereocenters. The van der Waals surface area contributed by atoms with Gasteiger partial charge in [0.2, 0.25) is 5.92 Å². The number of alkyl halides is 2. The molecule has 1 aliphatic rings. The summed E-state index contributed by atoms with van der Waals surface area (Å²) >= 11 is 1.78. The molecule has 0 N–H and O–H groups in total. The molecule has 0 aromatic heterocycles. The quantitative estimate of drug-likeness (QED) is 0.711. The zero-order valence-electron chi connectivity index (χ0n) is 14.3. The van der Waals surface area contributed by atoms with E-state index in [0.29, 0.717) is 29.9 Å². The van der Waals surface area contributed by atoms with Gasteiger partial charge in [-0.3, -0.25) is 0 Å². The van der Waals surface area contributed by atoms with Crippen molar-refractivity contribution in [1.82, 2.24) is 4.90 Å². The molecule has 0 saturated heterocycles. The van der Waals surface area contributed by atoms with Gasteiger partial charge in [0.05, 0.1) is 0 Å². The maximum atomic E-state index is 13.1. The van der Waals surface area contributed by atoms with E-state index in [4.69, 9.17) is 4.74 Å². The van der Waals surface area contributed by atoms with Crippen molar-refractivity contribution in [2.24, 2.45) is 0 Å². The average molecular weight is 337 g/mol. The summed E-state index contributed by atoms with van der Waals surface area (Å²) in [5, 5.41) is 0.670. The van der Waals surface area contributed by atoms with E-state index in [9.17, 15) is 13.6 Å². The normalized spacial score (nSPS) is 20.5. The molecule has 1 unspecified atom stereocenters. The monoisotopic (exact) mass is 337 g/mol. The first-order valence-electron chi connectivity index (χ1n) is 7.96. The smallest absolute Gasteiger partial charge is 0.410 e. The van der Waals surface area contributed by atoms with E-state index < -0.39 is 11.5 Å². The summed E-state index contributed by atoms with van der Waals surface area (Å²) < 4.78 is 31.6. The number of ether oxygens (including phenoxy) is 1. The van der Waals surface area contributed by atoms with E-state index >= 15 is 0 Å². The third-order valence-corrected chi connectivity index (χ3v) is 5.22. The van der Waals surface area contributed by atoms with Crippen LogP contribution in [0.15, 0.2) is 0 Å². The Bertz CT molecular complexity index is 362. The number of carbonyl (C=O) groups is 1. The highest BCUT2D eigenvalue weighted by atomic mass is 32.2. The fourth-order valence-corrected chi connectivity index (χ4v) is 3.76. The van der Waals surface area contributed by atoms with Gasteiger partial charge < -0.3 is 9.64 Å². The molecular formula is C16H29F2NO2S. The Morgan fingerprint density at radius 1 is 1.36 bits per heavy atom. The van der Waals surface area contributed by atoms with Gasteiger partial charge in [-0.25, -0.2) is 13.6 Å². The van der Waals surface area contributed by atoms with Gasteiger partial charge in [-0.15, -0.1) is 0 Å². The number of nitrogens with zero attached hydrogens (tertiary/aromatic N) is 1. The van der Waals surface area contributed by atoms with Gasteiger partial charge in [-0.1, -0.05) is 6.92 Å². The van der Waals surface area contributed by atoms with Gasteiger partial charge in [0.1, 0.15) is 5.60 Å². The second-order valence-corrected chi connectivity index (χ2v) is 8.94. The van der Waals surface area contributed by atoms with E-state index in [1.54, 1.807) is 23.7 Å². The lowest BCUT2D eigenvalue weighted by Crippen LogP contribution is -2.35. The van der Waals surface area contributed by atoms with Crippen LogP contribution < -0.4 is 0 Å². The van der Waals surface area contributed by atoms with Crippen LogP contribution in [0, 0.1) is 0 Å². The lowest BCUT2D eigenvalue weighted by molar-refractivity contribution is -0.0324. The minimum absolute atomic E-state index is 0.00913. The topological polar surface area (TPSA) is 29.5 Å². The van der Waals surface area contributed by atoms with Crippen molar-refractivity contribution in [2.75, 3.05) is 13.6 Å². The molecule has 1 aliphatic carbocycles. The molecule has 6 heteroatoms. The Balaban J connectivity index is 2.25. The lowest BCUT2D eigenvalue weighted by atomic mass is 9.96.